The lowest BCUT2D eigenvalue weighted by Gasteiger charge is -2.20. The van der Waals surface area contributed by atoms with Gasteiger partial charge in [-0.05, 0) is 32.1 Å². The zero-order chi connectivity index (χ0) is 45.1. The Hall–Kier alpha value is -1.40. The fourth-order valence-electron chi connectivity index (χ4n) is 8.75. The second-order valence-electron chi connectivity index (χ2n) is 19.3. The lowest BCUT2D eigenvalue weighted by molar-refractivity contribution is -0.143. The maximum atomic E-state index is 12.5. The van der Waals surface area contributed by atoms with Crippen molar-refractivity contribution in [2.45, 2.75) is 321 Å². The van der Waals surface area contributed by atoms with Crippen molar-refractivity contribution in [2.75, 3.05) is 13.2 Å². The van der Waals surface area contributed by atoms with E-state index in [1.807, 2.05) is 6.08 Å². The number of hydrogen-bond acceptors (Lipinski definition) is 5. The summed E-state index contributed by atoms with van der Waals surface area (Å²) in [5, 5.41) is 23.1. The predicted octanol–water partition coefficient (Wildman–Crippen LogP) is 16.9. The Labute approximate surface area is 387 Å². The number of aliphatic hydroxyl groups excluding tert-OH is 2. The first-order chi connectivity index (χ1) is 30.5. The minimum atomic E-state index is -0.847. The van der Waals surface area contributed by atoms with Crippen molar-refractivity contribution in [3.63, 3.8) is 0 Å². The van der Waals surface area contributed by atoms with Crippen LogP contribution in [0.15, 0.2) is 12.2 Å². The van der Waals surface area contributed by atoms with Gasteiger partial charge in [0.1, 0.15) is 0 Å². The normalized spacial score (nSPS) is 12.6. The molecule has 0 bridgehead atoms. The quantitative estimate of drug-likeness (QED) is 0.0321. The molecule has 1 amide bonds. The van der Waals surface area contributed by atoms with Crippen molar-refractivity contribution in [1.29, 1.82) is 0 Å². The van der Waals surface area contributed by atoms with E-state index in [1.54, 1.807) is 6.08 Å². The number of hydrogen-bond donors (Lipinski definition) is 3. The Morgan fingerprint density at radius 2 is 0.742 bits per heavy atom. The third-order valence-electron chi connectivity index (χ3n) is 13.1. The minimum absolute atomic E-state index is 0.00453. The van der Waals surface area contributed by atoms with Gasteiger partial charge in [0.15, 0.2) is 0 Å². The first kappa shape index (κ1) is 60.6. The lowest BCUT2D eigenvalue weighted by Crippen LogP contribution is -2.45. The minimum Gasteiger partial charge on any atom is -0.466 e. The molecule has 0 aliphatic rings. The first-order valence-corrected chi connectivity index (χ1v) is 28.0. The van der Waals surface area contributed by atoms with E-state index in [4.69, 9.17) is 4.74 Å². The van der Waals surface area contributed by atoms with Gasteiger partial charge in [-0.25, -0.2) is 0 Å². The number of rotatable bonds is 52. The molecule has 0 rings (SSSR count). The monoisotopic (exact) mass is 876 g/mol. The van der Waals surface area contributed by atoms with Crippen LogP contribution in [0.2, 0.25) is 0 Å². The van der Waals surface area contributed by atoms with Crippen LogP contribution in [0.1, 0.15) is 309 Å². The van der Waals surface area contributed by atoms with Gasteiger partial charge in [-0.15, -0.1) is 0 Å². The fraction of sp³-hybridized carbons (Fsp3) is 0.929. The molecule has 3 N–H and O–H groups in total. The summed E-state index contributed by atoms with van der Waals surface area (Å²) in [6.07, 6.45) is 60.8. The second kappa shape index (κ2) is 52.2. The Morgan fingerprint density at radius 3 is 1.10 bits per heavy atom. The summed E-state index contributed by atoms with van der Waals surface area (Å²) in [4.78, 5) is 24.4. The average molecular weight is 876 g/mol. The van der Waals surface area contributed by atoms with E-state index in [0.717, 1.165) is 44.9 Å². The third-order valence-corrected chi connectivity index (χ3v) is 13.1. The zero-order valence-corrected chi connectivity index (χ0v) is 41.9. The highest BCUT2D eigenvalue weighted by Gasteiger charge is 2.18. The van der Waals surface area contributed by atoms with Gasteiger partial charge in [0.2, 0.25) is 5.91 Å². The smallest absolute Gasteiger partial charge is 0.305 e. The van der Waals surface area contributed by atoms with Crippen molar-refractivity contribution in [2.24, 2.45) is 0 Å². The summed E-state index contributed by atoms with van der Waals surface area (Å²) in [5.41, 5.74) is 0. The van der Waals surface area contributed by atoms with Crippen LogP contribution >= 0.6 is 0 Å². The molecule has 6 nitrogen and oxygen atoms in total. The Balaban J connectivity index is 3.45. The molecule has 0 fully saturated rings. The van der Waals surface area contributed by atoms with E-state index in [0.29, 0.717) is 19.4 Å². The zero-order valence-electron chi connectivity index (χ0n) is 41.9. The molecule has 0 aliphatic heterocycles. The molecule has 6 heteroatoms. The number of carbonyl (C=O) groups is 2. The van der Waals surface area contributed by atoms with Gasteiger partial charge >= 0.3 is 5.97 Å². The maximum Gasteiger partial charge on any atom is 0.305 e. The largest absolute Gasteiger partial charge is 0.466 e. The molecule has 0 aromatic heterocycles. The summed E-state index contributed by atoms with van der Waals surface area (Å²) in [5.74, 6) is -0.0665. The molecule has 2 atom stereocenters. The fourth-order valence-corrected chi connectivity index (χ4v) is 8.75. The average Bonchev–Trinajstić information content (AvgIpc) is 3.27. The molecular weight excluding hydrogens is 767 g/mol. The summed E-state index contributed by atoms with van der Waals surface area (Å²) in [6, 6.07) is -0.631. The van der Waals surface area contributed by atoms with Crippen LogP contribution < -0.4 is 5.32 Å². The van der Waals surface area contributed by atoms with Gasteiger partial charge in [0.05, 0.1) is 25.4 Å². The van der Waals surface area contributed by atoms with E-state index < -0.39 is 12.1 Å². The number of amides is 1. The number of ether oxygens (including phenoxy) is 1. The Bertz CT molecular complexity index is 924. The number of nitrogens with one attached hydrogen (secondary N) is 1. The second-order valence-corrected chi connectivity index (χ2v) is 19.3. The molecular formula is C56H109NO5. The highest BCUT2D eigenvalue weighted by molar-refractivity contribution is 5.76. The van der Waals surface area contributed by atoms with Crippen molar-refractivity contribution < 1.29 is 24.5 Å². The van der Waals surface area contributed by atoms with Gasteiger partial charge in [-0.1, -0.05) is 276 Å². The molecule has 0 spiro atoms. The molecule has 0 saturated carbocycles. The summed E-state index contributed by atoms with van der Waals surface area (Å²) in [6.45, 7) is 4.90. The molecule has 0 aromatic carbocycles. The van der Waals surface area contributed by atoms with E-state index in [-0.39, 0.29) is 18.5 Å². The van der Waals surface area contributed by atoms with Crippen molar-refractivity contribution in [3.8, 4) is 0 Å². The van der Waals surface area contributed by atoms with Crippen LogP contribution in [0.5, 0.6) is 0 Å². The molecule has 62 heavy (non-hydrogen) atoms. The van der Waals surface area contributed by atoms with Crippen LogP contribution in [0, 0.1) is 0 Å². The molecule has 0 saturated heterocycles. The maximum absolute atomic E-state index is 12.5. The van der Waals surface area contributed by atoms with E-state index in [9.17, 15) is 19.8 Å². The summed E-state index contributed by atoms with van der Waals surface area (Å²) < 4.78 is 5.46. The topological polar surface area (TPSA) is 95.9 Å². The van der Waals surface area contributed by atoms with Crippen molar-refractivity contribution in [1.82, 2.24) is 5.32 Å². The molecule has 0 radical (unpaired) electrons. The summed E-state index contributed by atoms with van der Waals surface area (Å²) in [7, 11) is 0. The molecule has 0 heterocycles. The van der Waals surface area contributed by atoms with Crippen LogP contribution in [0.3, 0.4) is 0 Å². The molecule has 2 unspecified atom stereocenters. The summed E-state index contributed by atoms with van der Waals surface area (Å²) >= 11 is 0. The number of carbonyl (C=O) groups excluding carboxylic acids is 2. The number of aliphatic hydroxyl groups is 2. The van der Waals surface area contributed by atoms with E-state index in [1.165, 1.54) is 238 Å². The Kier molecular flexibility index (Phi) is 51.0. The molecule has 0 aliphatic carbocycles. The highest BCUT2D eigenvalue weighted by atomic mass is 16.5. The van der Waals surface area contributed by atoms with E-state index in [2.05, 4.69) is 19.2 Å². The van der Waals surface area contributed by atoms with Crippen LogP contribution in [-0.2, 0) is 14.3 Å². The lowest BCUT2D eigenvalue weighted by atomic mass is 10.0. The number of unbranched alkanes of at least 4 members (excludes halogenated alkanes) is 41. The van der Waals surface area contributed by atoms with Gasteiger partial charge in [-0.2, -0.15) is 0 Å². The third kappa shape index (κ3) is 48.1. The number of allylic oxidation sites excluding steroid dienone is 1. The van der Waals surface area contributed by atoms with Gasteiger partial charge in [0.25, 0.3) is 0 Å². The van der Waals surface area contributed by atoms with Gasteiger partial charge in [-0.3, -0.25) is 9.59 Å². The van der Waals surface area contributed by atoms with Gasteiger partial charge in [0, 0.05) is 12.8 Å². The van der Waals surface area contributed by atoms with Crippen molar-refractivity contribution in [3.05, 3.63) is 12.2 Å². The predicted molar refractivity (Wildman–Crippen MR) is 269 cm³/mol. The standard InChI is InChI=1S/C56H109NO5/c1-3-5-7-9-11-13-15-16-17-19-22-25-29-32-36-40-44-48-54(59)53(52-58)57-55(60)49-45-41-37-33-30-26-23-20-18-21-24-27-31-35-39-43-47-51-62-56(61)50-46-42-38-34-28-14-12-10-8-6-4-2/h44,48,53-54,58-59H,3-43,45-47,49-52H2,1-2H3,(H,57,60)/b48-44+. The SMILES string of the molecule is CCCCCCCCCCCCCCCCC/C=C/C(O)C(CO)NC(=O)CCCCCCCCCCCCCCCCCCCOC(=O)CCCCCCCCCCCCC. The van der Waals surface area contributed by atoms with Crippen LogP contribution in [-0.4, -0.2) is 47.4 Å². The van der Waals surface area contributed by atoms with Crippen molar-refractivity contribution >= 4 is 11.9 Å². The highest BCUT2D eigenvalue weighted by Crippen LogP contribution is 2.17. The number of esters is 1. The molecule has 368 valence electrons. The molecule has 0 aromatic rings. The van der Waals surface area contributed by atoms with Crippen LogP contribution in [0.25, 0.3) is 0 Å². The first-order valence-electron chi connectivity index (χ1n) is 28.0. The van der Waals surface area contributed by atoms with Gasteiger partial charge < -0.3 is 20.3 Å². The van der Waals surface area contributed by atoms with Crippen LogP contribution in [0.4, 0.5) is 0 Å². The van der Waals surface area contributed by atoms with E-state index >= 15 is 0 Å². The Morgan fingerprint density at radius 1 is 0.435 bits per heavy atom.